The van der Waals surface area contributed by atoms with Gasteiger partial charge < -0.3 is 14.7 Å². The first-order valence-corrected chi connectivity index (χ1v) is 7.04. The monoisotopic (exact) mass is 293 g/mol. The number of ether oxygens (including phenoxy) is 1. The molecule has 0 unspecified atom stereocenters. The van der Waals surface area contributed by atoms with Crippen LogP contribution in [-0.2, 0) is 14.3 Å². The highest BCUT2D eigenvalue weighted by molar-refractivity contribution is 5.95. The first-order valence-electron chi connectivity index (χ1n) is 7.04. The van der Waals surface area contributed by atoms with Crippen molar-refractivity contribution in [2.24, 2.45) is 0 Å². The minimum atomic E-state index is -0.546. The summed E-state index contributed by atoms with van der Waals surface area (Å²) in [6.45, 7) is 7.68. The van der Waals surface area contributed by atoms with Crippen LogP contribution in [0.3, 0.4) is 0 Å². The van der Waals surface area contributed by atoms with Gasteiger partial charge in [0.25, 0.3) is 0 Å². The average Bonchev–Trinajstić information content (AvgIpc) is 2.35. The van der Waals surface area contributed by atoms with E-state index in [1.807, 2.05) is 6.92 Å². The molecule has 0 atom stereocenters. The van der Waals surface area contributed by atoms with Crippen LogP contribution in [0.4, 0.5) is 5.69 Å². The molecule has 0 bridgehead atoms. The Morgan fingerprint density at radius 3 is 2.43 bits per heavy atom. The lowest BCUT2D eigenvalue weighted by atomic mass is 10.2. The van der Waals surface area contributed by atoms with Gasteiger partial charge in [-0.15, -0.1) is 0 Å². The lowest BCUT2D eigenvalue weighted by Gasteiger charge is -2.22. The van der Waals surface area contributed by atoms with Crippen LogP contribution < -0.4 is 4.90 Å². The summed E-state index contributed by atoms with van der Waals surface area (Å²) in [5, 5.41) is 9.47. The van der Waals surface area contributed by atoms with Gasteiger partial charge in [-0.05, 0) is 39.8 Å². The molecular weight excluding hydrogens is 270 g/mol. The smallest absolute Gasteiger partial charge is 0.306 e. The average molecular weight is 293 g/mol. The Kier molecular flexibility index (Phi) is 5.76. The number of rotatable bonds is 5. The van der Waals surface area contributed by atoms with Gasteiger partial charge in [-0.2, -0.15) is 0 Å². The van der Waals surface area contributed by atoms with E-state index in [1.54, 1.807) is 39.0 Å². The lowest BCUT2D eigenvalue weighted by molar-refractivity contribution is -0.155. The second-order valence-electron chi connectivity index (χ2n) is 5.74. The third kappa shape index (κ3) is 5.85. The number of hydrogen-bond acceptors (Lipinski definition) is 4. The van der Waals surface area contributed by atoms with Crippen molar-refractivity contribution in [1.82, 2.24) is 0 Å². The fraction of sp³-hybridized carbons (Fsp3) is 0.500. The largest absolute Gasteiger partial charge is 0.508 e. The molecule has 0 aromatic heterocycles. The highest BCUT2D eigenvalue weighted by Gasteiger charge is 2.19. The van der Waals surface area contributed by atoms with Crippen molar-refractivity contribution in [3.63, 3.8) is 0 Å². The summed E-state index contributed by atoms with van der Waals surface area (Å²) >= 11 is 0. The second-order valence-corrected chi connectivity index (χ2v) is 5.74. The molecule has 21 heavy (non-hydrogen) atoms. The number of benzene rings is 1. The quantitative estimate of drug-likeness (QED) is 0.848. The molecule has 0 fully saturated rings. The predicted molar refractivity (Wildman–Crippen MR) is 81.2 cm³/mol. The maximum Gasteiger partial charge on any atom is 0.306 e. The van der Waals surface area contributed by atoms with Crippen LogP contribution in [0.25, 0.3) is 0 Å². The van der Waals surface area contributed by atoms with Gasteiger partial charge in [0.1, 0.15) is 11.4 Å². The molecule has 0 saturated carbocycles. The number of amides is 1. The molecule has 0 aliphatic rings. The van der Waals surface area contributed by atoms with Crippen molar-refractivity contribution in [3.05, 3.63) is 24.3 Å². The molecular formula is C16H23NO4. The van der Waals surface area contributed by atoms with Crippen LogP contribution in [0.5, 0.6) is 5.75 Å². The number of esters is 1. The Bertz CT molecular complexity index is 505. The number of phenolic OH excluding ortho intramolecular Hbond substituents is 1. The SMILES string of the molecule is CCN(C(=O)CCC(=O)OC(C)(C)C)c1cccc(O)c1. The maximum absolute atomic E-state index is 12.2. The number of aromatic hydroxyl groups is 1. The molecule has 0 aliphatic carbocycles. The topological polar surface area (TPSA) is 66.8 Å². The number of carbonyl (C=O) groups is 2. The summed E-state index contributed by atoms with van der Waals surface area (Å²) in [7, 11) is 0. The van der Waals surface area contributed by atoms with Gasteiger partial charge in [0, 0.05) is 24.7 Å². The van der Waals surface area contributed by atoms with Gasteiger partial charge in [0.15, 0.2) is 0 Å². The first kappa shape index (κ1) is 17.0. The molecule has 5 nitrogen and oxygen atoms in total. The molecule has 1 rings (SSSR count). The van der Waals surface area contributed by atoms with Gasteiger partial charge in [0.05, 0.1) is 6.42 Å². The molecule has 0 aliphatic heterocycles. The minimum Gasteiger partial charge on any atom is -0.508 e. The Hall–Kier alpha value is -2.04. The second kappa shape index (κ2) is 7.11. The van der Waals surface area contributed by atoms with E-state index in [0.29, 0.717) is 12.2 Å². The highest BCUT2D eigenvalue weighted by Crippen LogP contribution is 2.21. The number of phenols is 1. The standard InChI is InChI=1S/C16H23NO4/c1-5-17(12-7-6-8-13(18)11-12)14(19)9-10-15(20)21-16(2,3)4/h6-8,11,18H,5,9-10H2,1-4H3. The van der Waals surface area contributed by atoms with E-state index in [9.17, 15) is 14.7 Å². The molecule has 1 amide bonds. The van der Waals surface area contributed by atoms with E-state index in [-0.39, 0.29) is 30.5 Å². The Morgan fingerprint density at radius 2 is 1.90 bits per heavy atom. The van der Waals surface area contributed by atoms with Crippen molar-refractivity contribution in [1.29, 1.82) is 0 Å². The number of hydrogen-bond donors (Lipinski definition) is 1. The van der Waals surface area contributed by atoms with Crippen LogP contribution in [0.1, 0.15) is 40.5 Å². The van der Waals surface area contributed by atoms with E-state index in [1.165, 1.54) is 11.0 Å². The molecule has 1 aromatic carbocycles. The van der Waals surface area contributed by atoms with Crippen LogP contribution in [0.2, 0.25) is 0 Å². The van der Waals surface area contributed by atoms with Crippen LogP contribution in [-0.4, -0.2) is 29.1 Å². The summed E-state index contributed by atoms with van der Waals surface area (Å²) in [4.78, 5) is 25.4. The van der Waals surface area contributed by atoms with Gasteiger partial charge >= 0.3 is 5.97 Å². The summed E-state index contributed by atoms with van der Waals surface area (Å²) in [5.74, 6) is -0.456. The Balaban J connectivity index is 2.62. The van der Waals surface area contributed by atoms with Crippen molar-refractivity contribution < 1.29 is 19.4 Å². The zero-order valence-corrected chi connectivity index (χ0v) is 13.0. The molecule has 0 radical (unpaired) electrons. The van der Waals surface area contributed by atoms with Crippen molar-refractivity contribution in [2.75, 3.05) is 11.4 Å². The Morgan fingerprint density at radius 1 is 1.24 bits per heavy atom. The third-order valence-corrected chi connectivity index (χ3v) is 2.72. The molecule has 116 valence electrons. The van der Waals surface area contributed by atoms with Crippen LogP contribution >= 0.6 is 0 Å². The van der Waals surface area contributed by atoms with E-state index in [4.69, 9.17) is 4.74 Å². The van der Waals surface area contributed by atoms with Gasteiger partial charge in [0.2, 0.25) is 5.91 Å². The Labute approximate surface area is 125 Å². The van der Waals surface area contributed by atoms with E-state index >= 15 is 0 Å². The summed E-state index contributed by atoms with van der Waals surface area (Å²) < 4.78 is 5.18. The fourth-order valence-corrected chi connectivity index (χ4v) is 1.90. The van der Waals surface area contributed by atoms with E-state index in [2.05, 4.69) is 0 Å². The molecule has 0 heterocycles. The number of carbonyl (C=O) groups excluding carboxylic acids is 2. The van der Waals surface area contributed by atoms with Gasteiger partial charge in [-0.1, -0.05) is 6.07 Å². The van der Waals surface area contributed by atoms with E-state index in [0.717, 1.165) is 0 Å². The normalized spacial score (nSPS) is 11.0. The number of nitrogens with zero attached hydrogens (tertiary/aromatic N) is 1. The highest BCUT2D eigenvalue weighted by atomic mass is 16.6. The van der Waals surface area contributed by atoms with Gasteiger partial charge in [-0.25, -0.2) is 0 Å². The summed E-state index contributed by atoms with van der Waals surface area (Å²) in [6.07, 6.45) is 0.129. The fourth-order valence-electron chi connectivity index (χ4n) is 1.90. The third-order valence-electron chi connectivity index (χ3n) is 2.72. The molecule has 5 heteroatoms. The number of anilines is 1. The van der Waals surface area contributed by atoms with Crippen LogP contribution in [0, 0.1) is 0 Å². The predicted octanol–water partition coefficient (Wildman–Crippen LogP) is 2.87. The first-order chi connectivity index (χ1) is 9.73. The van der Waals surface area contributed by atoms with Crippen molar-refractivity contribution in [2.45, 2.75) is 46.1 Å². The maximum atomic E-state index is 12.2. The zero-order chi connectivity index (χ0) is 16.0. The molecule has 0 spiro atoms. The van der Waals surface area contributed by atoms with Gasteiger partial charge in [-0.3, -0.25) is 9.59 Å². The summed E-state index contributed by atoms with van der Waals surface area (Å²) in [6, 6.07) is 6.49. The van der Waals surface area contributed by atoms with Crippen molar-refractivity contribution in [3.8, 4) is 5.75 Å². The lowest BCUT2D eigenvalue weighted by Crippen LogP contribution is -2.31. The molecule has 0 saturated heterocycles. The minimum absolute atomic E-state index is 0.0470. The van der Waals surface area contributed by atoms with Crippen LogP contribution in [0.15, 0.2) is 24.3 Å². The molecule has 1 N–H and O–H groups in total. The zero-order valence-electron chi connectivity index (χ0n) is 13.0. The van der Waals surface area contributed by atoms with Crippen molar-refractivity contribution >= 4 is 17.6 Å². The summed E-state index contributed by atoms with van der Waals surface area (Å²) in [5.41, 5.74) is 0.0715. The molecule has 1 aromatic rings. The van der Waals surface area contributed by atoms with E-state index < -0.39 is 5.60 Å².